The van der Waals surface area contributed by atoms with E-state index in [0.717, 1.165) is 6.07 Å². The number of benzene rings is 1. The van der Waals surface area contributed by atoms with Crippen LogP contribution in [0.1, 0.15) is 49.2 Å². The molecule has 1 aliphatic rings. The molecule has 0 bridgehead atoms. The number of carboxylic acid groups (broad SMARTS) is 1. The summed E-state index contributed by atoms with van der Waals surface area (Å²) in [6, 6.07) is 2.26. The van der Waals surface area contributed by atoms with Gasteiger partial charge in [-0.1, -0.05) is 6.07 Å². The highest BCUT2D eigenvalue weighted by molar-refractivity contribution is 6.62. The number of carboxylic acids is 1. The van der Waals surface area contributed by atoms with Crippen LogP contribution in [0.4, 0.5) is 13.2 Å². The van der Waals surface area contributed by atoms with Gasteiger partial charge in [-0.2, -0.15) is 13.2 Å². The molecule has 1 aliphatic heterocycles. The van der Waals surface area contributed by atoms with Gasteiger partial charge in [-0.3, -0.25) is 0 Å². The molecule has 0 aromatic heterocycles. The highest BCUT2D eigenvalue weighted by Crippen LogP contribution is 2.38. The van der Waals surface area contributed by atoms with E-state index in [9.17, 15) is 18.0 Å². The van der Waals surface area contributed by atoms with E-state index < -0.39 is 41.6 Å². The standard InChI is InChI=1S/C15H18BF3O4/c1-8-10(16-22-13(2,3)14(4,5)23-16)7-6-9(12(20)21)11(8)15(17,18)19/h6-7H,1-5H3,(H,20,21). The smallest absolute Gasteiger partial charge is 0.478 e. The summed E-state index contributed by atoms with van der Waals surface area (Å²) in [4.78, 5) is 11.1. The van der Waals surface area contributed by atoms with E-state index in [4.69, 9.17) is 14.4 Å². The lowest BCUT2D eigenvalue weighted by atomic mass is 9.74. The molecule has 8 heteroatoms. The van der Waals surface area contributed by atoms with Crippen molar-refractivity contribution in [3.05, 3.63) is 28.8 Å². The van der Waals surface area contributed by atoms with Crippen LogP contribution in [0.25, 0.3) is 0 Å². The van der Waals surface area contributed by atoms with Gasteiger partial charge in [0.2, 0.25) is 0 Å². The summed E-state index contributed by atoms with van der Waals surface area (Å²) in [5.41, 5.74) is -3.37. The van der Waals surface area contributed by atoms with E-state index in [1.54, 1.807) is 27.7 Å². The summed E-state index contributed by atoms with van der Waals surface area (Å²) in [7, 11) is -0.982. The number of carbonyl (C=O) groups is 1. The normalized spacial score (nSPS) is 19.9. The van der Waals surface area contributed by atoms with Crippen LogP contribution in [0, 0.1) is 6.92 Å². The first kappa shape index (κ1) is 17.8. The third-order valence-electron chi connectivity index (χ3n) is 4.53. The molecule has 1 heterocycles. The Kier molecular flexibility index (Phi) is 4.06. The molecule has 0 amide bonds. The molecule has 0 atom stereocenters. The Labute approximate surface area is 132 Å². The van der Waals surface area contributed by atoms with E-state index in [1.807, 2.05) is 0 Å². The van der Waals surface area contributed by atoms with Crippen LogP contribution in [0.15, 0.2) is 12.1 Å². The van der Waals surface area contributed by atoms with E-state index >= 15 is 0 Å². The molecule has 23 heavy (non-hydrogen) atoms. The van der Waals surface area contributed by atoms with Gasteiger partial charge in [-0.25, -0.2) is 4.79 Å². The average Bonchev–Trinajstić information content (AvgIpc) is 2.55. The van der Waals surface area contributed by atoms with Crippen molar-refractivity contribution in [2.45, 2.75) is 52.0 Å². The molecule has 4 nitrogen and oxygen atoms in total. The largest absolute Gasteiger partial charge is 0.495 e. The highest BCUT2D eigenvalue weighted by atomic mass is 19.4. The summed E-state index contributed by atoms with van der Waals surface area (Å²) in [5.74, 6) is -1.62. The van der Waals surface area contributed by atoms with Crippen molar-refractivity contribution in [2.75, 3.05) is 0 Å². The fraction of sp³-hybridized carbons (Fsp3) is 0.533. The molecule has 1 fully saturated rings. The molecule has 1 saturated heterocycles. The quantitative estimate of drug-likeness (QED) is 0.847. The third kappa shape index (κ3) is 2.97. The lowest BCUT2D eigenvalue weighted by Crippen LogP contribution is -2.41. The second kappa shape index (κ2) is 5.24. The lowest BCUT2D eigenvalue weighted by molar-refractivity contribution is -0.138. The Morgan fingerprint density at radius 1 is 1.13 bits per heavy atom. The zero-order chi connectivity index (χ0) is 17.8. The first-order chi connectivity index (χ1) is 10.3. The second-order valence-corrected chi connectivity index (χ2v) is 6.59. The van der Waals surface area contributed by atoms with Gasteiger partial charge in [0.15, 0.2) is 0 Å². The maximum Gasteiger partial charge on any atom is 0.495 e. The van der Waals surface area contributed by atoms with Gasteiger partial charge in [-0.15, -0.1) is 0 Å². The molecule has 0 unspecified atom stereocenters. The lowest BCUT2D eigenvalue weighted by Gasteiger charge is -2.32. The van der Waals surface area contributed by atoms with Crippen molar-refractivity contribution >= 4 is 18.6 Å². The van der Waals surface area contributed by atoms with Crippen molar-refractivity contribution in [3.63, 3.8) is 0 Å². The van der Waals surface area contributed by atoms with Crippen molar-refractivity contribution in [3.8, 4) is 0 Å². The van der Waals surface area contributed by atoms with E-state index in [2.05, 4.69) is 0 Å². The molecule has 0 spiro atoms. The van der Waals surface area contributed by atoms with Crippen LogP contribution >= 0.6 is 0 Å². The summed E-state index contributed by atoms with van der Waals surface area (Å²) in [6.45, 7) is 8.39. The zero-order valence-corrected chi connectivity index (χ0v) is 13.5. The SMILES string of the molecule is Cc1c(B2OC(C)(C)C(C)(C)O2)ccc(C(=O)O)c1C(F)(F)F. The van der Waals surface area contributed by atoms with Gasteiger partial charge in [0.05, 0.1) is 22.3 Å². The molecule has 1 N–H and O–H groups in total. The first-order valence-corrected chi connectivity index (χ1v) is 7.07. The Bertz CT molecular complexity index is 637. The van der Waals surface area contributed by atoms with Crippen LogP contribution in [-0.2, 0) is 15.5 Å². The number of hydrogen-bond donors (Lipinski definition) is 1. The molecule has 0 aliphatic carbocycles. The first-order valence-electron chi connectivity index (χ1n) is 7.07. The Hall–Kier alpha value is -1.54. The summed E-state index contributed by atoms with van der Waals surface area (Å²) >= 11 is 0. The van der Waals surface area contributed by atoms with E-state index in [0.29, 0.717) is 0 Å². The number of alkyl halides is 3. The van der Waals surface area contributed by atoms with Crippen molar-refractivity contribution in [1.29, 1.82) is 0 Å². The predicted molar refractivity (Wildman–Crippen MR) is 78.9 cm³/mol. The minimum Gasteiger partial charge on any atom is -0.478 e. The van der Waals surface area contributed by atoms with Crippen molar-refractivity contribution in [1.82, 2.24) is 0 Å². The van der Waals surface area contributed by atoms with Gasteiger partial charge in [-0.05, 0) is 51.7 Å². The zero-order valence-electron chi connectivity index (χ0n) is 13.5. The Morgan fingerprint density at radius 2 is 1.61 bits per heavy atom. The predicted octanol–water partition coefficient (Wildman–Crippen LogP) is 3.01. The fourth-order valence-electron chi connectivity index (χ4n) is 2.50. The van der Waals surface area contributed by atoms with Crippen molar-refractivity contribution in [2.24, 2.45) is 0 Å². The second-order valence-electron chi connectivity index (χ2n) is 6.59. The topological polar surface area (TPSA) is 55.8 Å². The van der Waals surface area contributed by atoms with Crippen LogP contribution in [0.5, 0.6) is 0 Å². The molecular formula is C15H18BF3O4. The highest BCUT2D eigenvalue weighted by Gasteiger charge is 2.52. The number of rotatable bonds is 2. The summed E-state index contributed by atoms with van der Waals surface area (Å²) in [5, 5.41) is 9.01. The van der Waals surface area contributed by atoms with Gasteiger partial charge in [0, 0.05) is 0 Å². The van der Waals surface area contributed by atoms with Gasteiger partial charge < -0.3 is 14.4 Å². The Balaban J connectivity index is 2.57. The number of halogens is 3. The van der Waals surface area contributed by atoms with E-state index in [1.165, 1.54) is 13.0 Å². The molecule has 2 rings (SSSR count). The van der Waals surface area contributed by atoms with Gasteiger partial charge in [0.1, 0.15) is 0 Å². The van der Waals surface area contributed by atoms with Crippen LogP contribution in [0.2, 0.25) is 0 Å². The monoisotopic (exact) mass is 330 g/mol. The maximum atomic E-state index is 13.3. The van der Waals surface area contributed by atoms with Crippen LogP contribution in [-0.4, -0.2) is 29.4 Å². The molecule has 1 aromatic rings. The Morgan fingerprint density at radius 3 is 2.00 bits per heavy atom. The molecule has 0 saturated carbocycles. The maximum absolute atomic E-state index is 13.3. The molecule has 0 radical (unpaired) electrons. The van der Waals surface area contributed by atoms with Gasteiger partial charge >= 0.3 is 19.3 Å². The summed E-state index contributed by atoms with van der Waals surface area (Å²) in [6.07, 6.45) is -4.78. The molecule has 1 aromatic carbocycles. The molecular weight excluding hydrogens is 312 g/mol. The molecule has 126 valence electrons. The fourth-order valence-corrected chi connectivity index (χ4v) is 2.50. The van der Waals surface area contributed by atoms with Gasteiger partial charge in [0.25, 0.3) is 0 Å². The van der Waals surface area contributed by atoms with Crippen LogP contribution < -0.4 is 5.46 Å². The number of aromatic carboxylic acids is 1. The van der Waals surface area contributed by atoms with E-state index in [-0.39, 0.29) is 11.0 Å². The average molecular weight is 330 g/mol. The number of hydrogen-bond acceptors (Lipinski definition) is 3. The van der Waals surface area contributed by atoms with Crippen LogP contribution in [0.3, 0.4) is 0 Å². The summed E-state index contributed by atoms with van der Waals surface area (Å²) < 4.78 is 51.4. The van der Waals surface area contributed by atoms with Crippen molar-refractivity contribution < 1.29 is 32.4 Å². The minimum atomic E-state index is -4.78. The third-order valence-corrected chi connectivity index (χ3v) is 4.53. The minimum absolute atomic E-state index is 0.181.